The van der Waals surface area contributed by atoms with E-state index >= 15 is 0 Å². The highest BCUT2D eigenvalue weighted by Gasteiger charge is 2.28. The molecule has 1 saturated heterocycles. The van der Waals surface area contributed by atoms with Gasteiger partial charge in [0.2, 0.25) is 0 Å². The van der Waals surface area contributed by atoms with Crippen LogP contribution in [0.5, 0.6) is 11.5 Å². The van der Waals surface area contributed by atoms with E-state index in [1.807, 2.05) is 32.0 Å². The molecule has 0 atom stereocenters. The summed E-state index contributed by atoms with van der Waals surface area (Å²) in [6.45, 7) is 4.84. The highest BCUT2D eigenvalue weighted by atomic mass is 35.5. The van der Waals surface area contributed by atoms with Crippen LogP contribution in [-0.2, 0) is 4.79 Å². The molecule has 0 bridgehead atoms. The Morgan fingerprint density at radius 1 is 1.11 bits per heavy atom. The Balaban J connectivity index is 1.58. The molecule has 0 unspecified atom stereocenters. The molecule has 1 aliphatic rings. The zero-order valence-corrected chi connectivity index (χ0v) is 18.2. The van der Waals surface area contributed by atoms with Crippen molar-refractivity contribution in [3.63, 3.8) is 0 Å². The number of carbonyl (C=O) groups excluding carboxylic acids is 1. The number of rotatable bonds is 6. The molecular formula is C21H20ClNO3S2. The molecule has 0 N–H and O–H groups in total. The smallest absolute Gasteiger partial charge is 0.265 e. The van der Waals surface area contributed by atoms with Crippen molar-refractivity contribution in [3.05, 3.63) is 63.0 Å². The van der Waals surface area contributed by atoms with Crippen molar-refractivity contribution < 1.29 is 14.3 Å². The van der Waals surface area contributed by atoms with E-state index < -0.39 is 0 Å². The first kappa shape index (κ1) is 20.7. The normalized spacial score (nSPS) is 15.4. The van der Waals surface area contributed by atoms with Crippen LogP contribution in [0, 0.1) is 13.8 Å². The molecule has 0 saturated carbocycles. The fourth-order valence-electron chi connectivity index (χ4n) is 2.59. The molecule has 0 aliphatic carbocycles. The average molecular weight is 434 g/mol. The molecule has 28 heavy (non-hydrogen) atoms. The lowest BCUT2D eigenvalue weighted by Gasteiger charge is -2.12. The van der Waals surface area contributed by atoms with E-state index in [1.54, 1.807) is 25.3 Å². The van der Waals surface area contributed by atoms with E-state index in [2.05, 4.69) is 6.07 Å². The highest BCUT2D eigenvalue weighted by Crippen LogP contribution is 2.33. The summed E-state index contributed by atoms with van der Waals surface area (Å²) in [4.78, 5) is 14.1. The van der Waals surface area contributed by atoms with E-state index in [4.69, 9.17) is 33.3 Å². The summed E-state index contributed by atoms with van der Waals surface area (Å²) in [5, 5.41) is 0.479. The molecule has 1 heterocycles. The average Bonchev–Trinajstić information content (AvgIpc) is 2.89. The first-order valence-electron chi connectivity index (χ1n) is 8.69. The largest absolute Gasteiger partial charge is 0.490 e. The summed E-state index contributed by atoms with van der Waals surface area (Å²) in [7, 11) is 1.67. The van der Waals surface area contributed by atoms with E-state index in [1.165, 1.54) is 16.7 Å². The van der Waals surface area contributed by atoms with Gasteiger partial charge in [-0.1, -0.05) is 53.8 Å². The molecule has 2 aromatic carbocycles. The van der Waals surface area contributed by atoms with E-state index in [0.29, 0.717) is 33.2 Å². The molecular weight excluding hydrogens is 414 g/mol. The van der Waals surface area contributed by atoms with E-state index in [-0.39, 0.29) is 5.91 Å². The van der Waals surface area contributed by atoms with Crippen LogP contribution in [0.3, 0.4) is 0 Å². The number of aryl methyl sites for hydroxylation is 2. The number of hydrogen-bond donors (Lipinski definition) is 0. The minimum atomic E-state index is -0.102. The Hall–Kier alpha value is -2.02. The van der Waals surface area contributed by atoms with Crippen LogP contribution in [0.25, 0.3) is 6.08 Å². The van der Waals surface area contributed by atoms with Crippen molar-refractivity contribution in [3.8, 4) is 11.5 Å². The second kappa shape index (κ2) is 8.99. The molecule has 1 amide bonds. The Morgan fingerprint density at radius 2 is 1.82 bits per heavy atom. The molecule has 146 valence electrons. The minimum absolute atomic E-state index is 0.102. The monoisotopic (exact) mass is 433 g/mol. The fraction of sp³-hybridized carbons (Fsp3) is 0.238. The summed E-state index contributed by atoms with van der Waals surface area (Å²) < 4.78 is 12.1. The van der Waals surface area contributed by atoms with Gasteiger partial charge in [-0.25, -0.2) is 0 Å². The maximum atomic E-state index is 12.1. The molecule has 1 aliphatic heterocycles. The number of halogens is 1. The van der Waals surface area contributed by atoms with Crippen LogP contribution in [-0.4, -0.2) is 35.4 Å². The van der Waals surface area contributed by atoms with Crippen molar-refractivity contribution in [2.24, 2.45) is 0 Å². The maximum Gasteiger partial charge on any atom is 0.265 e. The zero-order chi connectivity index (χ0) is 20.3. The summed E-state index contributed by atoms with van der Waals surface area (Å²) in [5.41, 5.74) is 3.06. The summed E-state index contributed by atoms with van der Waals surface area (Å²) in [6, 6.07) is 11.5. The van der Waals surface area contributed by atoms with Gasteiger partial charge in [0.15, 0.2) is 0 Å². The second-order valence-electron chi connectivity index (χ2n) is 6.40. The van der Waals surface area contributed by atoms with Crippen molar-refractivity contribution in [1.29, 1.82) is 0 Å². The number of thiocarbonyl (C=S) groups is 1. The van der Waals surface area contributed by atoms with Gasteiger partial charge in [-0.05, 0) is 54.8 Å². The standard InChI is InChI=1S/C21H20ClNO3S2/c1-13-4-5-14(2)18(10-13)26-9-8-25-17-7-6-15(11-16(17)22)12-19-20(24)23(3)21(27)28-19/h4-7,10-12H,8-9H2,1-3H3/b19-12-. The third-order valence-corrected chi connectivity index (χ3v) is 5.96. The van der Waals surface area contributed by atoms with E-state index in [9.17, 15) is 4.79 Å². The van der Waals surface area contributed by atoms with Crippen molar-refractivity contribution in [2.75, 3.05) is 20.3 Å². The van der Waals surface area contributed by atoms with Gasteiger partial charge < -0.3 is 9.47 Å². The van der Waals surface area contributed by atoms with Crippen LogP contribution in [0.4, 0.5) is 0 Å². The molecule has 4 nitrogen and oxygen atoms in total. The van der Waals surface area contributed by atoms with Crippen molar-refractivity contribution in [1.82, 2.24) is 4.90 Å². The van der Waals surface area contributed by atoms with Gasteiger partial charge >= 0.3 is 0 Å². The van der Waals surface area contributed by atoms with Gasteiger partial charge in [-0.3, -0.25) is 9.69 Å². The SMILES string of the molecule is Cc1ccc(C)c(OCCOc2ccc(/C=C3\SC(=S)N(C)C3=O)cc2Cl)c1. The van der Waals surface area contributed by atoms with Crippen LogP contribution in [0.15, 0.2) is 41.3 Å². The number of nitrogens with zero attached hydrogens (tertiary/aromatic N) is 1. The summed E-state index contributed by atoms with van der Waals surface area (Å²) in [5.74, 6) is 1.33. The van der Waals surface area contributed by atoms with Crippen molar-refractivity contribution in [2.45, 2.75) is 13.8 Å². The zero-order valence-electron chi connectivity index (χ0n) is 15.8. The lowest BCUT2D eigenvalue weighted by atomic mass is 10.1. The van der Waals surface area contributed by atoms with Gasteiger partial charge in [-0.2, -0.15) is 0 Å². The number of thioether (sulfide) groups is 1. The molecule has 2 aromatic rings. The van der Waals surface area contributed by atoms with Crippen LogP contribution in [0.1, 0.15) is 16.7 Å². The Kier molecular flexibility index (Phi) is 6.65. The number of ether oxygens (including phenoxy) is 2. The first-order valence-corrected chi connectivity index (χ1v) is 10.3. The predicted molar refractivity (Wildman–Crippen MR) is 119 cm³/mol. The minimum Gasteiger partial charge on any atom is -0.490 e. The summed E-state index contributed by atoms with van der Waals surface area (Å²) >= 11 is 12.7. The van der Waals surface area contributed by atoms with Crippen molar-refractivity contribution >= 4 is 51.9 Å². The quantitative estimate of drug-likeness (QED) is 0.353. The Bertz CT molecular complexity index is 959. The molecule has 7 heteroatoms. The number of likely N-dealkylation sites (N-methyl/N-ethyl adjacent to an activating group) is 1. The van der Waals surface area contributed by atoms with Gasteiger partial charge in [0, 0.05) is 7.05 Å². The highest BCUT2D eigenvalue weighted by molar-refractivity contribution is 8.26. The van der Waals surface area contributed by atoms with Gasteiger partial charge in [-0.15, -0.1) is 0 Å². The second-order valence-corrected chi connectivity index (χ2v) is 8.48. The van der Waals surface area contributed by atoms with Gasteiger partial charge in [0.1, 0.15) is 29.0 Å². The lowest BCUT2D eigenvalue weighted by Crippen LogP contribution is -2.22. The molecule has 3 rings (SSSR count). The van der Waals surface area contributed by atoms with Crippen LogP contribution in [0.2, 0.25) is 5.02 Å². The number of hydrogen-bond acceptors (Lipinski definition) is 5. The lowest BCUT2D eigenvalue weighted by molar-refractivity contribution is -0.121. The first-order chi connectivity index (χ1) is 13.3. The molecule has 1 fully saturated rings. The Morgan fingerprint density at radius 3 is 2.46 bits per heavy atom. The van der Waals surface area contributed by atoms with Gasteiger partial charge in [0.25, 0.3) is 5.91 Å². The van der Waals surface area contributed by atoms with E-state index in [0.717, 1.165) is 22.4 Å². The topological polar surface area (TPSA) is 38.8 Å². The molecule has 0 spiro atoms. The number of amides is 1. The third kappa shape index (κ3) is 4.87. The molecule has 0 aromatic heterocycles. The fourth-order valence-corrected chi connectivity index (χ4v) is 4.01. The number of carbonyl (C=O) groups is 1. The third-order valence-electron chi connectivity index (χ3n) is 4.18. The summed E-state index contributed by atoms with van der Waals surface area (Å²) in [6.07, 6.45) is 1.78. The van der Waals surface area contributed by atoms with Gasteiger partial charge in [0.05, 0.1) is 9.93 Å². The number of benzene rings is 2. The predicted octanol–water partition coefficient (Wildman–Crippen LogP) is 5.25. The Labute approximate surface area is 179 Å². The maximum absolute atomic E-state index is 12.1. The van der Waals surface area contributed by atoms with Crippen LogP contribution >= 0.6 is 35.6 Å². The van der Waals surface area contributed by atoms with Crippen LogP contribution < -0.4 is 9.47 Å². The molecule has 0 radical (unpaired) electrons.